The molecule has 3 aromatic rings. The summed E-state index contributed by atoms with van der Waals surface area (Å²) in [6.45, 7) is 0. The van der Waals surface area contributed by atoms with E-state index in [1.165, 1.54) is 0 Å². The molecule has 31 heavy (non-hydrogen) atoms. The van der Waals surface area contributed by atoms with E-state index in [1.54, 1.807) is 18.2 Å². The molecule has 1 aliphatic heterocycles. The number of benzene rings is 2. The molecule has 1 aromatic heterocycles. The highest BCUT2D eigenvalue weighted by atomic mass is 16.5. The summed E-state index contributed by atoms with van der Waals surface area (Å²) in [6.07, 6.45) is 5.49. The summed E-state index contributed by atoms with van der Waals surface area (Å²) >= 11 is 0. The van der Waals surface area contributed by atoms with Crippen molar-refractivity contribution in [2.24, 2.45) is 0 Å². The van der Waals surface area contributed by atoms with Gasteiger partial charge in [-0.15, -0.1) is 0 Å². The van der Waals surface area contributed by atoms with Gasteiger partial charge in [0.15, 0.2) is 0 Å². The first-order chi connectivity index (χ1) is 15.1. The summed E-state index contributed by atoms with van der Waals surface area (Å²) in [5.41, 5.74) is 2.31. The molecule has 2 N–H and O–H groups in total. The molecule has 1 saturated heterocycles. The second-order valence-corrected chi connectivity index (χ2v) is 8.17. The molecule has 1 aliphatic carbocycles. The van der Waals surface area contributed by atoms with Gasteiger partial charge >= 0.3 is 0 Å². The number of ether oxygens (including phenoxy) is 1. The summed E-state index contributed by atoms with van der Waals surface area (Å²) < 4.78 is 5.27. The van der Waals surface area contributed by atoms with Crippen LogP contribution in [-0.4, -0.2) is 39.8 Å². The summed E-state index contributed by atoms with van der Waals surface area (Å²) in [6, 6.07) is 14.3. The van der Waals surface area contributed by atoms with Gasteiger partial charge in [-0.25, -0.2) is 0 Å². The maximum atomic E-state index is 13.2. The van der Waals surface area contributed by atoms with E-state index in [4.69, 9.17) is 4.74 Å². The van der Waals surface area contributed by atoms with Crippen molar-refractivity contribution in [3.63, 3.8) is 0 Å². The van der Waals surface area contributed by atoms with E-state index in [0.717, 1.165) is 42.1 Å². The monoisotopic (exact) mass is 416 g/mol. The lowest BCUT2D eigenvalue weighted by atomic mass is 9.94. The number of para-hydroxylation sites is 1. The van der Waals surface area contributed by atoms with E-state index in [0.29, 0.717) is 11.3 Å². The molecule has 6 nitrogen and oxygen atoms in total. The minimum atomic E-state index is -0.629. The molecule has 1 amide bonds. The van der Waals surface area contributed by atoms with Gasteiger partial charge in [-0.2, -0.15) is 0 Å². The summed E-state index contributed by atoms with van der Waals surface area (Å²) in [7, 11) is 1.59. The number of likely N-dealkylation sites (tertiary alicyclic amines) is 1. The maximum absolute atomic E-state index is 13.2. The number of amides is 1. The first kappa shape index (κ1) is 19.4. The molecule has 1 saturated carbocycles. The van der Waals surface area contributed by atoms with Crippen molar-refractivity contribution in [1.82, 2.24) is 9.88 Å². The number of H-pyrrole nitrogens is 1. The Balaban J connectivity index is 1.70. The number of fused-ring (bicyclic) bond motifs is 1. The number of hydrogen-bond acceptors (Lipinski definition) is 4. The molecule has 1 unspecified atom stereocenters. The number of aliphatic hydroxyl groups excluding tert-OH is 1. The molecule has 0 radical (unpaired) electrons. The van der Waals surface area contributed by atoms with Crippen molar-refractivity contribution in [3.8, 4) is 5.75 Å². The van der Waals surface area contributed by atoms with Gasteiger partial charge in [-0.05, 0) is 36.6 Å². The Hall–Kier alpha value is -3.54. The molecule has 1 atom stereocenters. The van der Waals surface area contributed by atoms with Crippen molar-refractivity contribution in [2.75, 3.05) is 7.11 Å². The van der Waals surface area contributed by atoms with Crippen LogP contribution in [0.25, 0.3) is 16.7 Å². The zero-order valence-corrected chi connectivity index (χ0v) is 17.3. The van der Waals surface area contributed by atoms with Crippen molar-refractivity contribution >= 4 is 28.4 Å². The standard InChI is InChI=1S/C25H24N2O4/c1-31-17-12-10-15(11-13-17)22-21(24(29)25(30)27(22)16-6-2-3-7-16)23(28)19-14-26-20-9-5-4-8-18(19)20/h4-5,8-14,16,22,26,28H,2-3,6-7H2,1H3/b23-21-. The largest absolute Gasteiger partial charge is 0.507 e. The second kappa shape index (κ2) is 7.61. The number of hydrogen-bond donors (Lipinski definition) is 2. The third-order valence-corrected chi connectivity index (χ3v) is 6.47. The van der Waals surface area contributed by atoms with Crippen molar-refractivity contribution in [1.29, 1.82) is 0 Å². The Morgan fingerprint density at radius 3 is 2.48 bits per heavy atom. The second-order valence-electron chi connectivity index (χ2n) is 8.17. The highest BCUT2D eigenvalue weighted by Gasteiger charge is 2.49. The van der Waals surface area contributed by atoms with Crippen LogP contribution in [-0.2, 0) is 9.59 Å². The Kier molecular flexibility index (Phi) is 4.77. The molecule has 0 bridgehead atoms. The third kappa shape index (κ3) is 3.10. The van der Waals surface area contributed by atoms with Gasteiger partial charge in [0.25, 0.3) is 11.7 Å². The number of aromatic amines is 1. The third-order valence-electron chi connectivity index (χ3n) is 6.47. The lowest BCUT2D eigenvalue weighted by molar-refractivity contribution is -0.141. The Labute approximate surface area is 180 Å². The minimum Gasteiger partial charge on any atom is -0.507 e. The highest BCUT2D eigenvalue weighted by Crippen LogP contribution is 2.44. The van der Waals surface area contributed by atoms with Gasteiger partial charge in [0.05, 0.1) is 18.7 Å². The lowest BCUT2D eigenvalue weighted by Gasteiger charge is -2.30. The first-order valence-corrected chi connectivity index (χ1v) is 10.6. The quantitative estimate of drug-likeness (QED) is 0.372. The van der Waals surface area contributed by atoms with Gasteiger partial charge in [0, 0.05) is 28.7 Å². The highest BCUT2D eigenvalue weighted by molar-refractivity contribution is 6.46. The fourth-order valence-corrected chi connectivity index (χ4v) is 4.94. The molecule has 6 heteroatoms. The van der Waals surface area contributed by atoms with Crippen LogP contribution in [0.5, 0.6) is 5.75 Å². The number of carbonyl (C=O) groups is 2. The lowest BCUT2D eigenvalue weighted by Crippen LogP contribution is -2.37. The van der Waals surface area contributed by atoms with E-state index in [9.17, 15) is 14.7 Å². The molecule has 0 spiro atoms. The maximum Gasteiger partial charge on any atom is 0.295 e. The van der Waals surface area contributed by atoms with Crippen molar-refractivity contribution in [2.45, 2.75) is 37.8 Å². The van der Waals surface area contributed by atoms with Gasteiger partial charge in [-0.1, -0.05) is 43.2 Å². The van der Waals surface area contributed by atoms with Gasteiger partial charge < -0.3 is 19.7 Å². The summed E-state index contributed by atoms with van der Waals surface area (Å²) in [4.78, 5) is 31.2. The van der Waals surface area contributed by atoms with Crippen LogP contribution in [0.3, 0.4) is 0 Å². The van der Waals surface area contributed by atoms with Crippen LogP contribution < -0.4 is 4.74 Å². The van der Waals surface area contributed by atoms with Crippen LogP contribution in [0.2, 0.25) is 0 Å². The number of nitrogens with one attached hydrogen (secondary N) is 1. The topological polar surface area (TPSA) is 82.6 Å². The normalized spacial score (nSPS) is 21.3. The zero-order valence-electron chi connectivity index (χ0n) is 17.3. The van der Waals surface area contributed by atoms with Crippen molar-refractivity contribution in [3.05, 3.63) is 71.4 Å². The van der Waals surface area contributed by atoms with Crippen LogP contribution in [0.15, 0.2) is 60.3 Å². The van der Waals surface area contributed by atoms with Crippen LogP contribution >= 0.6 is 0 Å². The fourth-order valence-electron chi connectivity index (χ4n) is 4.94. The number of ketones is 1. The zero-order chi connectivity index (χ0) is 21.5. The van der Waals surface area contributed by atoms with E-state index >= 15 is 0 Å². The smallest absolute Gasteiger partial charge is 0.295 e. The molecule has 2 aromatic carbocycles. The first-order valence-electron chi connectivity index (χ1n) is 10.6. The Bertz CT molecular complexity index is 1190. The molecule has 2 aliphatic rings. The van der Waals surface area contributed by atoms with Gasteiger partial charge in [0.2, 0.25) is 0 Å². The average Bonchev–Trinajstić information content (AvgIpc) is 3.53. The molecular formula is C25H24N2O4. The molecule has 5 rings (SSSR count). The number of aromatic nitrogens is 1. The predicted octanol–water partition coefficient (Wildman–Crippen LogP) is 4.54. The molecule has 158 valence electrons. The summed E-state index contributed by atoms with van der Waals surface area (Å²) in [5.74, 6) is -0.611. The number of methoxy groups -OCH3 is 1. The van der Waals surface area contributed by atoms with Gasteiger partial charge in [0.1, 0.15) is 11.5 Å². The number of rotatable bonds is 4. The van der Waals surface area contributed by atoms with E-state index in [1.807, 2.05) is 48.5 Å². The van der Waals surface area contributed by atoms with E-state index in [-0.39, 0.29) is 17.4 Å². The predicted molar refractivity (Wildman–Crippen MR) is 118 cm³/mol. The Morgan fingerprint density at radius 1 is 1.06 bits per heavy atom. The number of nitrogens with zero attached hydrogens (tertiary/aromatic N) is 1. The van der Waals surface area contributed by atoms with Gasteiger partial charge in [-0.3, -0.25) is 9.59 Å². The number of Topliss-reactive ketones (excluding diaryl/α,β-unsaturated/α-hetero) is 1. The van der Waals surface area contributed by atoms with Crippen LogP contribution in [0, 0.1) is 0 Å². The van der Waals surface area contributed by atoms with Crippen LogP contribution in [0.4, 0.5) is 0 Å². The average molecular weight is 416 g/mol. The molecule has 2 fully saturated rings. The fraction of sp³-hybridized carbons (Fsp3) is 0.280. The summed E-state index contributed by atoms with van der Waals surface area (Å²) in [5, 5.41) is 12.1. The van der Waals surface area contributed by atoms with Crippen LogP contribution in [0.1, 0.15) is 42.9 Å². The number of carbonyl (C=O) groups excluding carboxylic acids is 2. The van der Waals surface area contributed by atoms with E-state index in [2.05, 4.69) is 4.98 Å². The molecular weight excluding hydrogens is 392 g/mol. The minimum absolute atomic E-state index is 0.00294. The number of aliphatic hydroxyl groups is 1. The van der Waals surface area contributed by atoms with Crippen molar-refractivity contribution < 1.29 is 19.4 Å². The van der Waals surface area contributed by atoms with E-state index < -0.39 is 17.7 Å². The molecule has 2 heterocycles. The Morgan fingerprint density at radius 2 is 1.77 bits per heavy atom. The SMILES string of the molecule is COc1ccc(C2/C(=C(/O)c3c[nH]c4ccccc34)C(=O)C(=O)N2C2CCCC2)cc1.